The van der Waals surface area contributed by atoms with Crippen LogP contribution in [0.4, 0.5) is 5.82 Å². The zero-order valence-corrected chi connectivity index (χ0v) is 19.7. The largest absolute Gasteiger partial charge is 0.356 e. The number of nitrogens with zero attached hydrogens (tertiary/aromatic N) is 4. The van der Waals surface area contributed by atoms with Gasteiger partial charge in [0.05, 0.1) is 6.04 Å². The van der Waals surface area contributed by atoms with Crippen LogP contribution in [0.1, 0.15) is 107 Å². The number of hydrogen-bond donors (Lipinski definition) is 1. The first-order valence-corrected chi connectivity index (χ1v) is 12.8. The first-order chi connectivity index (χ1) is 14.7. The van der Waals surface area contributed by atoms with Crippen LogP contribution in [-0.2, 0) is 12.8 Å². The molecule has 170 valence electrons. The fraction of sp³-hybridized carbons (Fsp3) is 0.840. The van der Waals surface area contributed by atoms with Crippen LogP contribution in [0.25, 0.3) is 0 Å². The Labute approximate surface area is 184 Å². The summed E-state index contributed by atoms with van der Waals surface area (Å²) in [5.41, 5.74) is 9.29. The zero-order valence-electron chi connectivity index (χ0n) is 19.7. The topological polar surface area (TPSA) is 58.3 Å². The van der Waals surface area contributed by atoms with Crippen LogP contribution in [0.15, 0.2) is 0 Å². The van der Waals surface area contributed by atoms with Gasteiger partial charge in [0, 0.05) is 30.9 Å². The minimum atomic E-state index is -0.101. The van der Waals surface area contributed by atoms with Gasteiger partial charge in [0.15, 0.2) is 0 Å². The molecule has 1 unspecified atom stereocenters. The maximum atomic E-state index is 6.62. The molecule has 0 spiro atoms. The molecule has 1 aliphatic carbocycles. The number of anilines is 1. The first kappa shape index (κ1) is 23.5. The Bertz CT molecular complexity index is 624. The second kappa shape index (κ2) is 12.6. The van der Waals surface area contributed by atoms with Gasteiger partial charge in [0.2, 0.25) is 0 Å². The van der Waals surface area contributed by atoms with Crippen molar-refractivity contribution in [2.75, 3.05) is 38.1 Å². The molecule has 2 aliphatic rings. The van der Waals surface area contributed by atoms with E-state index in [9.17, 15) is 0 Å². The van der Waals surface area contributed by atoms with Gasteiger partial charge >= 0.3 is 0 Å². The van der Waals surface area contributed by atoms with Gasteiger partial charge in [-0.3, -0.25) is 0 Å². The Hall–Kier alpha value is -1.20. The van der Waals surface area contributed by atoms with Gasteiger partial charge in [-0.15, -0.1) is 0 Å². The summed E-state index contributed by atoms with van der Waals surface area (Å²) in [5.74, 6) is 2.07. The summed E-state index contributed by atoms with van der Waals surface area (Å²) in [7, 11) is 2.19. The molecule has 1 aromatic rings. The third-order valence-electron chi connectivity index (χ3n) is 6.82. The Morgan fingerprint density at radius 3 is 2.33 bits per heavy atom. The average molecular weight is 416 g/mol. The highest BCUT2D eigenvalue weighted by atomic mass is 15.2. The monoisotopic (exact) mass is 415 g/mol. The Balaban J connectivity index is 1.54. The normalized spacial score (nSPS) is 17.9. The second-order valence-corrected chi connectivity index (χ2v) is 9.58. The first-order valence-electron chi connectivity index (χ1n) is 12.8. The molecular weight excluding hydrogens is 370 g/mol. The van der Waals surface area contributed by atoms with Crippen molar-refractivity contribution >= 4 is 5.82 Å². The molecule has 0 aromatic carbocycles. The predicted molar refractivity (Wildman–Crippen MR) is 127 cm³/mol. The standard InChI is InChI=1S/C25H45N5/c1-3-4-5-6-7-8-11-17-29(2)20-22(26)24-27-23-16-14-15-21(23)25(28-24)30-18-12-9-10-13-19-30/h22H,3-20,26H2,1-2H3. The van der Waals surface area contributed by atoms with Crippen LogP contribution < -0.4 is 10.6 Å². The second-order valence-electron chi connectivity index (χ2n) is 9.58. The van der Waals surface area contributed by atoms with Crippen LogP contribution >= 0.6 is 0 Å². The number of aromatic nitrogens is 2. The number of likely N-dealkylation sites (N-methyl/N-ethyl adjacent to an activating group) is 1. The van der Waals surface area contributed by atoms with Gasteiger partial charge in [-0.25, -0.2) is 9.97 Å². The van der Waals surface area contributed by atoms with Crippen LogP contribution in [0, 0.1) is 0 Å². The van der Waals surface area contributed by atoms with E-state index in [1.165, 1.54) is 94.1 Å². The Morgan fingerprint density at radius 1 is 0.900 bits per heavy atom. The number of nitrogens with two attached hydrogens (primary N) is 1. The van der Waals surface area contributed by atoms with Crippen LogP contribution in [0.2, 0.25) is 0 Å². The van der Waals surface area contributed by atoms with Crippen molar-refractivity contribution in [3.05, 3.63) is 17.1 Å². The molecule has 3 rings (SSSR count). The van der Waals surface area contributed by atoms with Gasteiger partial charge in [0.25, 0.3) is 0 Å². The van der Waals surface area contributed by atoms with Crippen molar-refractivity contribution < 1.29 is 0 Å². The van der Waals surface area contributed by atoms with Gasteiger partial charge in [-0.1, -0.05) is 58.3 Å². The number of rotatable bonds is 12. The summed E-state index contributed by atoms with van der Waals surface area (Å²) < 4.78 is 0. The number of aryl methyl sites for hydroxylation is 1. The van der Waals surface area contributed by atoms with E-state index in [0.717, 1.165) is 44.8 Å². The fourth-order valence-corrected chi connectivity index (χ4v) is 4.99. The lowest BCUT2D eigenvalue weighted by molar-refractivity contribution is 0.300. The third kappa shape index (κ3) is 6.91. The fourth-order valence-electron chi connectivity index (χ4n) is 4.99. The van der Waals surface area contributed by atoms with Gasteiger partial charge < -0.3 is 15.5 Å². The lowest BCUT2D eigenvalue weighted by atomic mass is 10.1. The van der Waals surface area contributed by atoms with Crippen molar-refractivity contribution in [1.82, 2.24) is 14.9 Å². The predicted octanol–water partition coefficient (Wildman–Crippen LogP) is 5.03. The SMILES string of the molecule is CCCCCCCCCN(C)CC(N)c1nc2c(c(N3CCCCCC3)n1)CCC2. The maximum absolute atomic E-state index is 6.62. The van der Waals surface area contributed by atoms with E-state index in [4.69, 9.17) is 15.7 Å². The van der Waals surface area contributed by atoms with Gasteiger partial charge in [-0.2, -0.15) is 0 Å². The van der Waals surface area contributed by atoms with E-state index < -0.39 is 0 Å². The van der Waals surface area contributed by atoms with E-state index in [0.29, 0.717) is 0 Å². The summed E-state index contributed by atoms with van der Waals surface area (Å²) in [5, 5.41) is 0. The molecule has 0 amide bonds. The molecule has 0 radical (unpaired) electrons. The third-order valence-corrected chi connectivity index (χ3v) is 6.82. The van der Waals surface area contributed by atoms with Crippen molar-refractivity contribution in [3.8, 4) is 0 Å². The van der Waals surface area contributed by atoms with Crippen molar-refractivity contribution in [2.24, 2.45) is 5.73 Å². The highest BCUT2D eigenvalue weighted by molar-refractivity contribution is 5.51. The van der Waals surface area contributed by atoms with Crippen molar-refractivity contribution in [2.45, 2.75) is 103 Å². The molecule has 0 saturated carbocycles. The summed E-state index contributed by atoms with van der Waals surface area (Å²) in [6.07, 6.45) is 18.1. The molecule has 2 heterocycles. The molecule has 1 fully saturated rings. The van der Waals surface area contributed by atoms with Crippen LogP contribution in [0.5, 0.6) is 0 Å². The summed E-state index contributed by atoms with van der Waals surface area (Å²) >= 11 is 0. The van der Waals surface area contributed by atoms with E-state index in [-0.39, 0.29) is 6.04 Å². The summed E-state index contributed by atoms with van der Waals surface area (Å²) in [6, 6.07) is -0.101. The smallest absolute Gasteiger partial charge is 0.149 e. The summed E-state index contributed by atoms with van der Waals surface area (Å²) in [6.45, 7) is 6.51. The molecule has 30 heavy (non-hydrogen) atoms. The maximum Gasteiger partial charge on any atom is 0.149 e. The number of fused-ring (bicyclic) bond motifs is 1. The molecule has 5 nitrogen and oxygen atoms in total. The minimum absolute atomic E-state index is 0.101. The van der Waals surface area contributed by atoms with Gasteiger partial charge in [-0.05, 0) is 52.1 Å². The lowest BCUT2D eigenvalue weighted by Gasteiger charge is -2.26. The Morgan fingerprint density at radius 2 is 1.60 bits per heavy atom. The van der Waals surface area contributed by atoms with E-state index in [1.807, 2.05) is 0 Å². The lowest BCUT2D eigenvalue weighted by Crippen LogP contribution is -2.32. The molecule has 1 aliphatic heterocycles. The zero-order chi connectivity index (χ0) is 21.2. The number of hydrogen-bond acceptors (Lipinski definition) is 5. The highest BCUT2D eigenvalue weighted by Gasteiger charge is 2.25. The molecule has 0 bridgehead atoms. The molecule has 1 aromatic heterocycles. The molecular formula is C25H45N5. The highest BCUT2D eigenvalue weighted by Crippen LogP contribution is 2.31. The van der Waals surface area contributed by atoms with E-state index in [2.05, 4.69) is 23.8 Å². The molecule has 1 atom stereocenters. The van der Waals surface area contributed by atoms with Crippen molar-refractivity contribution in [3.63, 3.8) is 0 Å². The quantitative estimate of drug-likeness (QED) is 0.485. The van der Waals surface area contributed by atoms with Gasteiger partial charge in [0.1, 0.15) is 11.6 Å². The Kier molecular flexibility index (Phi) is 9.86. The van der Waals surface area contributed by atoms with Crippen LogP contribution in [-0.4, -0.2) is 48.1 Å². The number of unbranched alkanes of at least 4 members (excludes halogenated alkanes) is 6. The van der Waals surface area contributed by atoms with Crippen LogP contribution in [0.3, 0.4) is 0 Å². The minimum Gasteiger partial charge on any atom is -0.356 e. The molecule has 2 N–H and O–H groups in total. The molecule has 1 saturated heterocycles. The van der Waals surface area contributed by atoms with E-state index in [1.54, 1.807) is 0 Å². The average Bonchev–Trinajstić information content (AvgIpc) is 3.05. The molecule has 5 heteroatoms. The summed E-state index contributed by atoms with van der Waals surface area (Å²) in [4.78, 5) is 14.9. The van der Waals surface area contributed by atoms with E-state index >= 15 is 0 Å². The van der Waals surface area contributed by atoms with Crippen molar-refractivity contribution in [1.29, 1.82) is 0 Å².